The number of ether oxygens (including phenoxy) is 2. The van der Waals surface area contributed by atoms with Crippen LogP contribution in [0.4, 0.5) is 15.9 Å². The topological polar surface area (TPSA) is 77.8 Å². The van der Waals surface area contributed by atoms with Crippen molar-refractivity contribution >= 4 is 34.7 Å². The van der Waals surface area contributed by atoms with Gasteiger partial charge in [0, 0.05) is 17.9 Å². The van der Waals surface area contributed by atoms with Gasteiger partial charge in [0.25, 0.3) is 0 Å². The Balaban J connectivity index is 1.94. The summed E-state index contributed by atoms with van der Waals surface area (Å²) in [5.74, 6) is -0.884. The summed E-state index contributed by atoms with van der Waals surface area (Å²) in [6.07, 6.45) is 0.0862. The molecule has 1 aliphatic heterocycles. The molecule has 3 aromatic rings. The molecule has 7 nitrogen and oxygen atoms in total. The standard InChI is InChI=1S/C22H19FN2O5S/c1-29-17-6-4-3-5-15(17)16-11-18(26)25(14-9-7-13(23)8-10-14)21-20(16)31-22(28)24(21)12-19(27)30-2/h3-10,16H,11-12H2,1-2H3. The molecule has 1 atom stereocenters. The van der Waals surface area contributed by atoms with Crippen LogP contribution in [0.3, 0.4) is 0 Å². The van der Waals surface area contributed by atoms with Crippen molar-refractivity contribution in [3.63, 3.8) is 0 Å². The Morgan fingerprint density at radius 2 is 1.84 bits per heavy atom. The number of esters is 1. The molecular weight excluding hydrogens is 423 g/mol. The van der Waals surface area contributed by atoms with Crippen molar-refractivity contribution in [1.82, 2.24) is 4.57 Å². The molecule has 0 N–H and O–H groups in total. The average molecular weight is 442 g/mol. The molecule has 4 rings (SSSR count). The van der Waals surface area contributed by atoms with E-state index in [0.29, 0.717) is 22.1 Å². The van der Waals surface area contributed by atoms with E-state index < -0.39 is 22.6 Å². The number of aromatic nitrogens is 1. The number of carbonyl (C=O) groups excluding carboxylic acids is 2. The summed E-state index contributed by atoms with van der Waals surface area (Å²) < 4.78 is 24.9. The van der Waals surface area contributed by atoms with Gasteiger partial charge in [0.1, 0.15) is 23.9 Å². The van der Waals surface area contributed by atoms with Crippen LogP contribution in [0.5, 0.6) is 5.75 Å². The molecule has 0 radical (unpaired) electrons. The van der Waals surface area contributed by atoms with Crippen molar-refractivity contribution in [2.24, 2.45) is 0 Å². The van der Waals surface area contributed by atoms with Gasteiger partial charge >= 0.3 is 10.8 Å². The van der Waals surface area contributed by atoms with Gasteiger partial charge in [-0.2, -0.15) is 0 Å². The number of hydrogen-bond donors (Lipinski definition) is 0. The predicted molar refractivity (Wildman–Crippen MR) is 114 cm³/mol. The molecule has 0 spiro atoms. The highest BCUT2D eigenvalue weighted by molar-refractivity contribution is 7.10. The third kappa shape index (κ3) is 3.72. The van der Waals surface area contributed by atoms with Crippen molar-refractivity contribution in [3.8, 4) is 5.75 Å². The zero-order valence-electron chi connectivity index (χ0n) is 16.8. The highest BCUT2D eigenvalue weighted by atomic mass is 32.1. The van der Waals surface area contributed by atoms with Crippen molar-refractivity contribution in [2.45, 2.75) is 18.9 Å². The van der Waals surface area contributed by atoms with Crippen LogP contribution in [-0.2, 0) is 20.9 Å². The zero-order valence-corrected chi connectivity index (χ0v) is 17.6. The predicted octanol–water partition coefficient (Wildman–Crippen LogP) is 3.43. The monoisotopic (exact) mass is 442 g/mol. The maximum atomic E-state index is 13.5. The number of benzene rings is 2. The summed E-state index contributed by atoms with van der Waals surface area (Å²) in [5.41, 5.74) is 1.17. The van der Waals surface area contributed by atoms with Gasteiger partial charge in [0.2, 0.25) is 5.91 Å². The summed E-state index contributed by atoms with van der Waals surface area (Å²) in [7, 11) is 2.77. The van der Waals surface area contributed by atoms with E-state index in [9.17, 15) is 18.8 Å². The number of fused-ring (bicyclic) bond motifs is 1. The number of para-hydroxylation sites is 1. The molecule has 2 heterocycles. The molecule has 160 valence electrons. The molecule has 9 heteroatoms. The minimum atomic E-state index is -0.617. The summed E-state index contributed by atoms with van der Waals surface area (Å²) >= 11 is 0.971. The van der Waals surface area contributed by atoms with Gasteiger partial charge < -0.3 is 9.47 Å². The lowest BCUT2D eigenvalue weighted by Crippen LogP contribution is -2.36. The molecule has 0 aliphatic carbocycles. The van der Waals surface area contributed by atoms with Gasteiger partial charge in [-0.1, -0.05) is 29.5 Å². The number of carbonyl (C=O) groups is 2. The normalized spacial score (nSPS) is 15.5. The molecule has 0 saturated heterocycles. The fourth-order valence-corrected chi connectivity index (χ4v) is 4.84. The lowest BCUT2D eigenvalue weighted by molar-refractivity contribution is -0.141. The lowest BCUT2D eigenvalue weighted by atomic mass is 9.89. The molecule has 1 unspecified atom stereocenters. The third-order valence-corrected chi connectivity index (χ3v) is 6.25. The van der Waals surface area contributed by atoms with E-state index in [0.717, 1.165) is 16.9 Å². The molecule has 0 fully saturated rings. The van der Waals surface area contributed by atoms with Gasteiger partial charge in [-0.15, -0.1) is 0 Å². The Hall–Kier alpha value is -3.46. The summed E-state index contributed by atoms with van der Waals surface area (Å²) in [4.78, 5) is 39.8. The molecular formula is C22H19FN2O5S. The maximum absolute atomic E-state index is 13.5. The number of hydrogen-bond acceptors (Lipinski definition) is 6. The Morgan fingerprint density at radius 3 is 2.52 bits per heavy atom. The van der Waals surface area contributed by atoms with Gasteiger partial charge in [-0.25, -0.2) is 4.39 Å². The first kappa shape index (κ1) is 20.8. The number of halogens is 1. The van der Waals surface area contributed by atoms with Crippen LogP contribution < -0.4 is 14.5 Å². The van der Waals surface area contributed by atoms with E-state index >= 15 is 0 Å². The van der Waals surface area contributed by atoms with E-state index in [-0.39, 0.29) is 18.9 Å². The van der Waals surface area contributed by atoms with Gasteiger partial charge in [0.15, 0.2) is 0 Å². The Bertz CT molecular complexity index is 1200. The first-order valence-corrected chi connectivity index (χ1v) is 10.3. The van der Waals surface area contributed by atoms with Crippen LogP contribution in [0.2, 0.25) is 0 Å². The Labute approximate surface area is 181 Å². The number of anilines is 2. The molecule has 0 saturated carbocycles. The molecule has 2 aromatic carbocycles. The second-order valence-electron chi connectivity index (χ2n) is 6.92. The van der Waals surface area contributed by atoms with Crippen LogP contribution in [0, 0.1) is 5.82 Å². The van der Waals surface area contributed by atoms with Crippen LogP contribution >= 0.6 is 11.3 Å². The number of methoxy groups -OCH3 is 2. The molecule has 1 aromatic heterocycles. The minimum Gasteiger partial charge on any atom is -0.496 e. The third-order valence-electron chi connectivity index (χ3n) is 5.16. The molecule has 0 bridgehead atoms. The van der Waals surface area contributed by atoms with Crippen molar-refractivity contribution in [2.75, 3.05) is 19.1 Å². The molecule has 1 amide bonds. The van der Waals surface area contributed by atoms with Crippen LogP contribution in [0.15, 0.2) is 53.3 Å². The Kier molecular flexibility index (Phi) is 5.60. The molecule has 1 aliphatic rings. The second-order valence-corrected chi connectivity index (χ2v) is 7.92. The molecule has 31 heavy (non-hydrogen) atoms. The van der Waals surface area contributed by atoms with Gasteiger partial charge in [-0.05, 0) is 30.3 Å². The first-order chi connectivity index (χ1) is 14.9. The fourth-order valence-electron chi connectivity index (χ4n) is 3.74. The largest absolute Gasteiger partial charge is 0.496 e. The summed E-state index contributed by atoms with van der Waals surface area (Å²) in [6, 6.07) is 12.7. The zero-order chi connectivity index (χ0) is 22.1. The van der Waals surface area contributed by atoms with E-state index in [1.165, 1.54) is 40.8 Å². The summed E-state index contributed by atoms with van der Waals surface area (Å²) in [6.45, 7) is -0.342. The minimum absolute atomic E-state index is 0.0862. The fraction of sp³-hybridized carbons (Fsp3) is 0.227. The van der Waals surface area contributed by atoms with Crippen LogP contribution in [0.25, 0.3) is 0 Å². The van der Waals surface area contributed by atoms with Crippen LogP contribution in [0.1, 0.15) is 22.8 Å². The number of amides is 1. The number of nitrogens with zero attached hydrogens (tertiary/aromatic N) is 2. The smallest absolute Gasteiger partial charge is 0.325 e. The lowest BCUT2D eigenvalue weighted by Gasteiger charge is -2.33. The maximum Gasteiger partial charge on any atom is 0.325 e. The summed E-state index contributed by atoms with van der Waals surface area (Å²) in [5, 5.41) is 0. The van der Waals surface area contributed by atoms with Crippen LogP contribution in [-0.4, -0.2) is 30.7 Å². The first-order valence-electron chi connectivity index (χ1n) is 9.46. The number of thiazole rings is 1. The van der Waals surface area contributed by atoms with Crippen molar-refractivity contribution in [3.05, 3.63) is 74.5 Å². The van der Waals surface area contributed by atoms with E-state index in [1.807, 2.05) is 18.2 Å². The highest BCUT2D eigenvalue weighted by Gasteiger charge is 2.39. The van der Waals surface area contributed by atoms with Crippen molar-refractivity contribution < 1.29 is 23.5 Å². The van der Waals surface area contributed by atoms with E-state index in [4.69, 9.17) is 9.47 Å². The second kappa shape index (κ2) is 8.35. The number of rotatable bonds is 5. The van der Waals surface area contributed by atoms with Crippen molar-refractivity contribution in [1.29, 1.82) is 0 Å². The SMILES string of the molecule is COC(=O)Cn1c2c(sc1=O)C(c1ccccc1OC)CC(=O)N2c1ccc(F)cc1. The quantitative estimate of drug-likeness (QED) is 0.566. The van der Waals surface area contributed by atoms with Gasteiger partial charge in [0.05, 0.1) is 24.8 Å². The Morgan fingerprint density at radius 1 is 1.13 bits per heavy atom. The van der Waals surface area contributed by atoms with E-state index in [2.05, 4.69) is 0 Å². The van der Waals surface area contributed by atoms with Gasteiger partial charge in [-0.3, -0.25) is 23.9 Å². The highest BCUT2D eigenvalue weighted by Crippen LogP contribution is 2.46. The average Bonchev–Trinajstić information content (AvgIpc) is 3.09. The van der Waals surface area contributed by atoms with E-state index in [1.54, 1.807) is 13.2 Å².